The third-order valence-corrected chi connectivity index (χ3v) is 2.58. The molecule has 1 unspecified atom stereocenters. The maximum atomic E-state index is 9.86. The zero-order chi connectivity index (χ0) is 10.1. The Labute approximate surface area is 80.0 Å². The van der Waals surface area contributed by atoms with E-state index in [1.807, 2.05) is 20.8 Å². The van der Waals surface area contributed by atoms with Gasteiger partial charge in [0.2, 0.25) is 0 Å². The van der Waals surface area contributed by atoms with Gasteiger partial charge >= 0.3 is 0 Å². The van der Waals surface area contributed by atoms with E-state index in [9.17, 15) is 5.11 Å². The average molecular weight is 188 g/mol. The lowest BCUT2D eigenvalue weighted by Gasteiger charge is -2.26. The average Bonchev–Trinajstić information content (AvgIpc) is 2.78. The first kappa shape index (κ1) is 11.0. The molecule has 0 aliphatic carbocycles. The molecule has 1 saturated heterocycles. The van der Waals surface area contributed by atoms with Gasteiger partial charge in [0.25, 0.3) is 5.79 Å². The zero-order valence-electron chi connectivity index (χ0n) is 8.96. The lowest BCUT2D eigenvalue weighted by Crippen LogP contribution is -2.41. The van der Waals surface area contributed by atoms with Crippen molar-refractivity contribution in [3.63, 3.8) is 0 Å². The third-order valence-electron chi connectivity index (χ3n) is 2.58. The quantitative estimate of drug-likeness (QED) is 0.543. The first-order valence-electron chi connectivity index (χ1n) is 4.99. The first-order valence-corrected chi connectivity index (χ1v) is 4.99. The Morgan fingerprint density at radius 1 is 1.31 bits per heavy atom. The molecule has 0 saturated carbocycles. The van der Waals surface area contributed by atoms with Crippen LogP contribution < -0.4 is 0 Å². The summed E-state index contributed by atoms with van der Waals surface area (Å²) in [6, 6.07) is 0. The molecule has 0 amide bonds. The van der Waals surface area contributed by atoms with Crippen molar-refractivity contribution in [3.05, 3.63) is 0 Å². The second-order valence-corrected chi connectivity index (χ2v) is 4.74. The summed E-state index contributed by atoms with van der Waals surface area (Å²) in [6.07, 6.45) is 2.32. The van der Waals surface area contributed by atoms with E-state index < -0.39 is 11.9 Å². The maximum absolute atomic E-state index is 9.86. The summed E-state index contributed by atoms with van der Waals surface area (Å²) >= 11 is 0. The molecule has 1 rings (SSSR count). The highest BCUT2D eigenvalue weighted by molar-refractivity contribution is 4.93. The molecule has 0 spiro atoms. The van der Waals surface area contributed by atoms with Gasteiger partial charge in [-0.2, -0.15) is 9.78 Å². The lowest BCUT2D eigenvalue weighted by molar-refractivity contribution is -0.00267. The Morgan fingerprint density at radius 3 is 2.15 bits per heavy atom. The van der Waals surface area contributed by atoms with E-state index in [2.05, 4.69) is 6.92 Å². The maximum Gasteiger partial charge on any atom is 0.264 e. The molecule has 1 atom stereocenters. The van der Waals surface area contributed by atoms with Gasteiger partial charge in [0.1, 0.15) is 6.10 Å². The van der Waals surface area contributed by atoms with Crippen molar-refractivity contribution in [2.45, 2.75) is 58.8 Å². The monoisotopic (exact) mass is 188 g/mol. The fraction of sp³-hybridized carbons (Fsp3) is 1.00. The van der Waals surface area contributed by atoms with Crippen molar-refractivity contribution in [2.24, 2.45) is 5.41 Å². The number of aliphatic hydroxyl groups excluding tert-OH is 1. The van der Waals surface area contributed by atoms with Crippen LogP contribution in [0.4, 0.5) is 0 Å². The number of rotatable bonds is 4. The number of aliphatic hydroxyl groups is 1. The highest BCUT2D eigenvalue weighted by Crippen LogP contribution is 2.49. The summed E-state index contributed by atoms with van der Waals surface area (Å²) in [5, 5.41) is 9.86. The highest BCUT2D eigenvalue weighted by atomic mass is 17.4. The molecule has 1 N–H and O–H groups in total. The van der Waals surface area contributed by atoms with E-state index in [1.54, 1.807) is 0 Å². The van der Waals surface area contributed by atoms with Crippen molar-refractivity contribution < 1.29 is 14.9 Å². The summed E-state index contributed by atoms with van der Waals surface area (Å²) < 4.78 is 0. The van der Waals surface area contributed by atoms with Gasteiger partial charge < -0.3 is 5.11 Å². The Bertz CT molecular complexity index is 167. The fourth-order valence-electron chi connectivity index (χ4n) is 1.49. The van der Waals surface area contributed by atoms with Crippen LogP contribution >= 0.6 is 0 Å². The number of unbranched alkanes of at least 4 members (excludes halogenated alkanes) is 1. The second-order valence-electron chi connectivity index (χ2n) is 4.74. The molecule has 1 heterocycles. The van der Waals surface area contributed by atoms with Crippen molar-refractivity contribution in [3.8, 4) is 0 Å². The molecule has 13 heavy (non-hydrogen) atoms. The fourth-order valence-corrected chi connectivity index (χ4v) is 1.49. The van der Waals surface area contributed by atoms with Crippen LogP contribution in [-0.2, 0) is 9.78 Å². The normalized spacial score (nSPS) is 22.8. The standard InChI is InChI=1S/C10H20O3/c1-5-6-7-8(11)10(12-13-10)9(2,3)4/h8,11H,5-7H2,1-4H3. The van der Waals surface area contributed by atoms with Crippen LogP contribution in [0.15, 0.2) is 0 Å². The molecule has 1 aliphatic heterocycles. The van der Waals surface area contributed by atoms with Gasteiger partial charge in [0.05, 0.1) is 0 Å². The van der Waals surface area contributed by atoms with E-state index >= 15 is 0 Å². The predicted molar refractivity (Wildman–Crippen MR) is 49.9 cm³/mol. The van der Waals surface area contributed by atoms with E-state index in [0.717, 1.165) is 19.3 Å². The van der Waals surface area contributed by atoms with Crippen LogP contribution in [0.3, 0.4) is 0 Å². The van der Waals surface area contributed by atoms with Gasteiger partial charge in [0, 0.05) is 5.41 Å². The smallest absolute Gasteiger partial charge is 0.264 e. The Balaban J connectivity index is 2.50. The van der Waals surface area contributed by atoms with E-state index in [-0.39, 0.29) is 5.41 Å². The molecule has 3 heteroatoms. The van der Waals surface area contributed by atoms with Crippen LogP contribution in [0.5, 0.6) is 0 Å². The van der Waals surface area contributed by atoms with Crippen molar-refractivity contribution in [2.75, 3.05) is 0 Å². The van der Waals surface area contributed by atoms with Gasteiger partial charge in [-0.3, -0.25) is 0 Å². The molecule has 0 radical (unpaired) electrons. The van der Waals surface area contributed by atoms with Gasteiger partial charge in [-0.05, 0) is 6.42 Å². The first-order chi connectivity index (χ1) is 5.94. The topological polar surface area (TPSA) is 45.3 Å². The van der Waals surface area contributed by atoms with Crippen molar-refractivity contribution >= 4 is 0 Å². The van der Waals surface area contributed by atoms with Crippen LogP contribution in [0.1, 0.15) is 47.0 Å². The largest absolute Gasteiger partial charge is 0.387 e. The van der Waals surface area contributed by atoms with Gasteiger partial charge in [0.15, 0.2) is 0 Å². The Hall–Kier alpha value is -0.120. The van der Waals surface area contributed by atoms with Gasteiger partial charge in [-0.15, -0.1) is 0 Å². The molecule has 0 bridgehead atoms. The minimum absolute atomic E-state index is 0.167. The number of hydrogen-bond donors (Lipinski definition) is 1. The van der Waals surface area contributed by atoms with Crippen LogP contribution in [0, 0.1) is 5.41 Å². The summed E-state index contributed by atoms with van der Waals surface area (Å²) in [6.45, 7) is 8.13. The molecule has 0 aromatic heterocycles. The summed E-state index contributed by atoms with van der Waals surface area (Å²) in [7, 11) is 0. The SMILES string of the molecule is CCCCC(O)C1(C(C)(C)C)OO1. The zero-order valence-corrected chi connectivity index (χ0v) is 8.96. The molecule has 3 nitrogen and oxygen atoms in total. The van der Waals surface area contributed by atoms with Crippen LogP contribution in [0.2, 0.25) is 0 Å². The summed E-state index contributed by atoms with van der Waals surface area (Å²) in [4.78, 5) is 9.94. The van der Waals surface area contributed by atoms with Crippen molar-refractivity contribution in [1.82, 2.24) is 0 Å². The molecule has 0 aromatic carbocycles. The van der Waals surface area contributed by atoms with E-state index in [0.29, 0.717) is 0 Å². The minimum atomic E-state index is -0.748. The van der Waals surface area contributed by atoms with Gasteiger partial charge in [-0.25, -0.2) is 0 Å². The lowest BCUT2D eigenvalue weighted by atomic mass is 9.82. The predicted octanol–water partition coefficient (Wildman–Crippen LogP) is 2.24. The summed E-state index contributed by atoms with van der Waals surface area (Å²) in [5.74, 6) is -0.748. The van der Waals surface area contributed by atoms with E-state index in [4.69, 9.17) is 9.78 Å². The Kier molecular flexibility index (Phi) is 3.00. The van der Waals surface area contributed by atoms with Crippen molar-refractivity contribution in [1.29, 1.82) is 0 Å². The van der Waals surface area contributed by atoms with Crippen LogP contribution in [0.25, 0.3) is 0 Å². The highest BCUT2D eigenvalue weighted by Gasteiger charge is 2.63. The van der Waals surface area contributed by atoms with Crippen LogP contribution in [-0.4, -0.2) is 17.0 Å². The molecule has 0 aromatic rings. The number of hydrogen-bond acceptors (Lipinski definition) is 3. The molecule has 78 valence electrons. The Morgan fingerprint density at radius 2 is 1.85 bits per heavy atom. The molecular weight excluding hydrogens is 168 g/mol. The summed E-state index contributed by atoms with van der Waals surface area (Å²) in [5.41, 5.74) is -0.167. The minimum Gasteiger partial charge on any atom is -0.387 e. The van der Waals surface area contributed by atoms with Gasteiger partial charge in [-0.1, -0.05) is 40.5 Å². The second kappa shape index (κ2) is 3.56. The molecular formula is C10H20O3. The molecule has 1 aliphatic rings. The van der Waals surface area contributed by atoms with E-state index in [1.165, 1.54) is 0 Å². The third kappa shape index (κ3) is 2.03. The molecule has 1 fully saturated rings.